The molecule has 1 aliphatic carbocycles. The second-order valence-corrected chi connectivity index (χ2v) is 12.7. The van der Waals surface area contributed by atoms with Gasteiger partial charge in [0.15, 0.2) is 29.7 Å². The van der Waals surface area contributed by atoms with E-state index < -0.39 is 67.5 Å². The number of aldehydes is 1. The minimum atomic E-state index is -1.88. The number of ketones is 2. The summed E-state index contributed by atoms with van der Waals surface area (Å²) < 4.78 is 17.9. The van der Waals surface area contributed by atoms with Gasteiger partial charge in [-0.05, 0) is 12.1 Å². The highest BCUT2D eigenvalue weighted by molar-refractivity contribution is 6.68. The number of amides is 1. The maximum atomic E-state index is 14.2. The molecular formula is C36H34N5O12+. The number of aliphatic hydroxyl groups is 5. The molecule has 7 rings (SSSR count). The maximum Gasteiger partial charge on any atom is 0.284 e. The third-order valence-corrected chi connectivity index (χ3v) is 9.37. The van der Waals surface area contributed by atoms with Gasteiger partial charge in [0, 0.05) is 40.7 Å². The van der Waals surface area contributed by atoms with Crippen LogP contribution in [0.2, 0.25) is 0 Å². The van der Waals surface area contributed by atoms with E-state index >= 15 is 0 Å². The van der Waals surface area contributed by atoms with Crippen LogP contribution in [-0.2, 0) is 20.7 Å². The van der Waals surface area contributed by atoms with Crippen molar-refractivity contribution in [2.24, 2.45) is 9.98 Å². The Balaban J connectivity index is 1.40. The molecule has 0 aromatic heterocycles. The predicted molar refractivity (Wildman–Crippen MR) is 182 cm³/mol. The molecule has 53 heavy (non-hydrogen) atoms. The number of carbonyl (C=O) groups is 4. The number of guanidine groups is 1. The normalized spacial score (nSPS) is 25.4. The van der Waals surface area contributed by atoms with Crippen LogP contribution in [0.25, 0.3) is 0 Å². The van der Waals surface area contributed by atoms with Gasteiger partial charge in [0.05, 0.1) is 18.3 Å². The Morgan fingerprint density at radius 2 is 1.68 bits per heavy atom. The van der Waals surface area contributed by atoms with Crippen LogP contribution in [0, 0.1) is 5.41 Å². The highest BCUT2D eigenvalue weighted by atomic mass is 16.7. The van der Waals surface area contributed by atoms with Crippen molar-refractivity contribution >= 4 is 47.0 Å². The average Bonchev–Trinajstić information content (AvgIpc) is 3.58. The number of amidine groups is 1. The molecule has 4 aliphatic rings. The monoisotopic (exact) mass is 728 g/mol. The number of nitrogens with one attached hydrogen (secondary N) is 3. The van der Waals surface area contributed by atoms with Crippen LogP contribution in [-0.4, -0.2) is 123 Å². The number of carbonyl (C=O) groups excluding carboxylic acids is 4. The van der Waals surface area contributed by atoms with Crippen molar-refractivity contribution in [2.45, 2.75) is 49.7 Å². The van der Waals surface area contributed by atoms with Crippen LogP contribution in [0.1, 0.15) is 49.4 Å². The van der Waals surface area contributed by atoms with E-state index in [1.807, 2.05) is 0 Å². The minimum Gasteiger partial charge on any atom is -0.486 e. The summed E-state index contributed by atoms with van der Waals surface area (Å²) in [6, 6.07) is 14.6. The largest absolute Gasteiger partial charge is 0.486 e. The van der Waals surface area contributed by atoms with Crippen LogP contribution in [0.5, 0.6) is 11.5 Å². The topological polar surface area (TPSA) is 262 Å². The lowest BCUT2D eigenvalue weighted by atomic mass is 9.81. The summed E-state index contributed by atoms with van der Waals surface area (Å²) in [5.41, 5.74) is 1.34. The van der Waals surface area contributed by atoms with Crippen LogP contribution < -0.4 is 19.7 Å². The summed E-state index contributed by atoms with van der Waals surface area (Å²) in [7, 11) is 0. The van der Waals surface area contributed by atoms with E-state index in [9.17, 15) is 44.7 Å². The molecule has 3 aromatic rings. The first kappa shape index (κ1) is 35.9. The third kappa shape index (κ3) is 6.44. The average molecular weight is 729 g/mol. The SMILES string of the molecule is N=C1N=C2C(=NC[NH+]2c2ccccc2Cc2cc3c(c(OC[C@H](O)CC=O)c2O[C@H]2O[C@@H](CO)[C@H](O)[C@@H](O)[C@@H]2O)C(=O)c2ccccc2C3=O)C(=O)N1. The molecule has 1 amide bonds. The van der Waals surface area contributed by atoms with E-state index in [4.69, 9.17) is 19.6 Å². The third-order valence-electron chi connectivity index (χ3n) is 9.37. The van der Waals surface area contributed by atoms with Gasteiger partial charge >= 0.3 is 0 Å². The molecule has 17 heteroatoms. The van der Waals surface area contributed by atoms with Gasteiger partial charge in [-0.2, -0.15) is 4.99 Å². The molecule has 3 aromatic carbocycles. The Hall–Kier alpha value is -5.53. The highest BCUT2D eigenvalue weighted by Gasteiger charge is 2.46. The number of nitrogens with zero attached hydrogens (tertiary/aromatic N) is 2. The summed E-state index contributed by atoms with van der Waals surface area (Å²) >= 11 is 0. The molecule has 3 heterocycles. The lowest BCUT2D eigenvalue weighted by Gasteiger charge is -2.40. The maximum absolute atomic E-state index is 14.2. The first-order valence-corrected chi connectivity index (χ1v) is 16.6. The molecule has 3 aliphatic heterocycles. The fourth-order valence-corrected chi connectivity index (χ4v) is 6.74. The smallest absolute Gasteiger partial charge is 0.284 e. The van der Waals surface area contributed by atoms with Crippen molar-refractivity contribution in [1.29, 1.82) is 5.41 Å². The first-order valence-electron chi connectivity index (χ1n) is 16.6. The molecule has 0 saturated carbocycles. The number of fused-ring (bicyclic) bond motifs is 3. The molecule has 1 saturated heterocycles. The second-order valence-electron chi connectivity index (χ2n) is 12.7. The Morgan fingerprint density at radius 1 is 0.962 bits per heavy atom. The summed E-state index contributed by atoms with van der Waals surface area (Å²) in [6.07, 6.45) is -9.81. The summed E-state index contributed by atoms with van der Waals surface area (Å²) in [5.74, 6) is -2.42. The van der Waals surface area contributed by atoms with E-state index in [-0.39, 0.29) is 76.3 Å². The second kappa shape index (κ2) is 14.5. The number of hydrogen-bond acceptors (Lipinski definition) is 14. The minimum absolute atomic E-state index is 0.0662. The van der Waals surface area contributed by atoms with Crippen molar-refractivity contribution in [3.05, 3.63) is 88.0 Å². The number of quaternary nitrogens is 1. The number of ether oxygens (including phenoxy) is 3. The van der Waals surface area contributed by atoms with Gasteiger partial charge in [-0.15, -0.1) is 0 Å². The lowest BCUT2D eigenvalue weighted by Crippen LogP contribution is -3.09. The van der Waals surface area contributed by atoms with Gasteiger partial charge in [0.25, 0.3) is 11.7 Å². The Kier molecular flexibility index (Phi) is 9.79. The number of aliphatic hydroxyl groups excluding tert-OH is 5. The number of para-hydroxylation sites is 1. The van der Waals surface area contributed by atoms with Gasteiger partial charge in [0.2, 0.25) is 18.0 Å². The fraction of sp³-hybridized carbons (Fsp3) is 0.306. The first-order chi connectivity index (χ1) is 25.5. The predicted octanol–water partition coefficient (Wildman–Crippen LogP) is -2.05. The Morgan fingerprint density at radius 3 is 2.42 bits per heavy atom. The molecule has 17 nitrogen and oxygen atoms in total. The van der Waals surface area contributed by atoms with Crippen molar-refractivity contribution in [2.75, 3.05) is 19.9 Å². The number of benzene rings is 3. The van der Waals surface area contributed by atoms with Crippen molar-refractivity contribution in [3.63, 3.8) is 0 Å². The van der Waals surface area contributed by atoms with Crippen LogP contribution in [0.4, 0.5) is 5.69 Å². The van der Waals surface area contributed by atoms with Gasteiger partial charge < -0.3 is 44.5 Å². The number of hydrogen-bond donors (Lipinski definition) is 8. The molecular weight excluding hydrogens is 694 g/mol. The van der Waals surface area contributed by atoms with Crippen molar-refractivity contribution < 1.29 is 63.8 Å². The van der Waals surface area contributed by atoms with Crippen LogP contribution in [0.15, 0.2) is 64.6 Å². The van der Waals surface area contributed by atoms with Crippen molar-refractivity contribution in [3.8, 4) is 11.5 Å². The molecule has 8 N–H and O–H groups in total. The molecule has 0 spiro atoms. The van der Waals surface area contributed by atoms with Gasteiger partial charge in [-0.3, -0.25) is 25.1 Å². The molecule has 0 radical (unpaired) electrons. The lowest BCUT2D eigenvalue weighted by molar-refractivity contribution is -0.723. The van der Waals surface area contributed by atoms with E-state index in [1.165, 1.54) is 18.2 Å². The van der Waals surface area contributed by atoms with Gasteiger partial charge in [-0.1, -0.05) is 42.5 Å². The molecule has 0 bridgehead atoms. The van der Waals surface area contributed by atoms with Crippen molar-refractivity contribution in [1.82, 2.24) is 5.32 Å². The molecule has 1 fully saturated rings. The zero-order valence-electron chi connectivity index (χ0n) is 27.8. The van der Waals surface area contributed by atoms with E-state index in [2.05, 4.69) is 15.3 Å². The fourth-order valence-electron chi connectivity index (χ4n) is 6.74. The standard InChI is InChI=1S/C36H33N5O12/c37-36-39-33-25(34(50)40-36)38-15-41(33)22-8-4-1-5-16(22)11-17-12-21-24(27(46)20-7-3-2-6-19(20)26(21)45)32(51-14-18(44)9-10-42)31(17)53-35-30(49)29(48)28(47)23(13-43)52-35/h1-8,10,12,18,23,28-30,35,43-44,47-49H,9,11,13-15H2,(H2,37,40,50)/p+1/t18-,23+,28+,29-,30+,35-/m1/s1. The highest BCUT2D eigenvalue weighted by Crippen LogP contribution is 2.44. The van der Waals surface area contributed by atoms with Gasteiger partial charge in [-0.25, -0.2) is 9.89 Å². The van der Waals surface area contributed by atoms with E-state index in [0.717, 1.165) is 0 Å². The summed E-state index contributed by atoms with van der Waals surface area (Å²) in [6.45, 7) is -1.23. The summed E-state index contributed by atoms with van der Waals surface area (Å²) in [4.78, 5) is 61.1. The van der Waals surface area contributed by atoms with Crippen LogP contribution >= 0.6 is 0 Å². The van der Waals surface area contributed by atoms with Crippen LogP contribution in [0.3, 0.4) is 0 Å². The summed E-state index contributed by atoms with van der Waals surface area (Å²) in [5, 5.41) is 62.7. The molecule has 1 unspecified atom stereocenters. The van der Waals surface area contributed by atoms with E-state index in [1.54, 1.807) is 36.4 Å². The van der Waals surface area contributed by atoms with E-state index in [0.29, 0.717) is 22.4 Å². The quantitative estimate of drug-likeness (QED) is 0.0777. The Labute approximate surface area is 300 Å². The Bertz CT molecular complexity index is 2100. The zero-order valence-corrected chi connectivity index (χ0v) is 27.8. The molecule has 7 atom stereocenters. The number of aliphatic imine (C=N–C) groups is 2. The number of rotatable bonds is 11. The zero-order chi connectivity index (χ0) is 37.6. The molecule has 274 valence electrons. The van der Waals surface area contributed by atoms with Gasteiger partial charge in [0.1, 0.15) is 43.0 Å².